The minimum atomic E-state index is -0.406. The fourth-order valence-corrected chi connectivity index (χ4v) is 1.94. The smallest absolute Gasteiger partial charge is 0.326 e. The zero-order valence-electron chi connectivity index (χ0n) is 12.9. The summed E-state index contributed by atoms with van der Waals surface area (Å²) in [5.41, 5.74) is 2.32. The van der Waals surface area contributed by atoms with E-state index in [0.29, 0.717) is 10.7 Å². The minimum Gasteiger partial charge on any atom is -0.363 e. The van der Waals surface area contributed by atoms with Gasteiger partial charge in [0.2, 0.25) is 5.95 Å². The Balaban J connectivity index is 2.10. The van der Waals surface area contributed by atoms with Gasteiger partial charge in [-0.2, -0.15) is 4.98 Å². The number of rotatable bonds is 3. The summed E-state index contributed by atoms with van der Waals surface area (Å²) in [6.07, 6.45) is 0. The third kappa shape index (κ3) is 4.08. The Morgan fingerprint density at radius 3 is 2.50 bits per heavy atom. The molecule has 0 atom stereocenters. The molecular formula is C15H18ClN5O. The molecule has 0 aliphatic carbocycles. The number of hydrogen-bond donors (Lipinski definition) is 2. The highest BCUT2D eigenvalue weighted by molar-refractivity contribution is 6.31. The van der Waals surface area contributed by atoms with E-state index in [0.717, 1.165) is 17.1 Å². The molecule has 0 saturated carbocycles. The van der Waals surface area contributed by atoms with Crippen LogP contribution in [0.3, 0.4) is 0 Å². The number of hydrogen-bond acceptors (Lipinski definition) is 4. The van der Waals surface area contributed by atoms with Crippen molar-refractivity contribution >= 4 is 35.1 Å². The van der Waals surface area contributed by atoms with Crippen molar-refractivity contribution in [2.24, 2.45) is 0 Å². The lowest BCUT2D eigenvalue weighted by Crippen LogP contribution is -2.22. The summed E-state index contributed by atoms with van der Waals surface area (Å²) in [7, 11) is 3.75. The molecule has 0 unspecified atom stereocenters. The molecular weight excluding hydrogens is 302 g/mol. The van der Waals surface area contributed by atoms with Gasteiger partial charge in [-0.15, -0.1) is 0 Å². The lowest BCUT2D eigenvalue weighted by atomic mass is 10.2. The first kappa shape index (κ1) is 16.0. The van der Waals surface area contributed by atoms with Crippen LogP contribution < -0.4 is 15.5 Å². The maximum absolute atomic E-state index is 12.0. The van der Waals surface area contributed by atoms with E-state index in [-0.39, 0.29) is 5.95 Å². The van der Waals surface area contributed by atoms with E-state index >= 15 is 0 Å². The second-order valence-corrected chi connectivity index (χ2v) is 5.54. The van der Waals surface area contributed by atoms with Crippen molar-refractivity contribution in [2.75, 3.05) is 29.6 Å². The summed E-state index contributed by atoms with van der Waals surface area (Å²) < 4.78 is 0. The first-order valence-electron chi connectivity index (χ1n) is 6.72. The number of carbonyl (C=O) groups is 1. The van der Waals surface area contributed by atoms with Crippen LogP contribution in [0.5, 0.6) is 0 Å². The topological polar surface area (TPSA) is 70.2 Å². The third-order valence-corrected chi connectivity index (χ3v) is 3.36. The summed E-state index contributed by atoms with van der Waals surface area (Å²) >= 11 is 5.96. The van der Waals surface area contributed by atoms with Crippen molar-refractivity contribution in [3.63, 3.8) is 0 Å². The van der Waals surface area contributed by atoms with Crippen molar-refractivity contribution in [1.82, 2.24) is 9.97 Å². The number of halogens is 1. The number of carbonyl (C=O) groups excluding carboxylic acids is 1. The molecule has 2 amide bonds. The van der Waals surface area contributed by atoms with Crippen LogP contribution in [0.15, 0.2) is 24.3 Å². The van der Waals surface area contributed by atoms with Gasteiger partial charge in [0.15, 0.2) is 0 Å². The Morgan fingerprint density at radius 1 is 1.14 bits per heavy atom. The predicted octanol–water partition coefficient (Wildman–Crippen LogP) is 3.46. The van der Waals surface area contributed by atoms with Crippen LogP contribution in [0.25, 0.3) is 0 Å². The molecule has 1 heterocycles. The van der Waals surface area contributed by atoms with Crippen LogP contribution in [0, 0.1) is 13.8 Å². The van der Waals surface area contributed by atoms with Crippen LogP contribution >= 0.6 is 11.6 Å². The number of urea groups is 1. The number of aromatic nitrogens is 2. The minimum absolute atomic E-state index is 0.256. The highest BCUT2D eigenvalue weighted by Crippen LogP contribution is 2.19. The maximum atomic E-state index is 12.0. The van der Waals surface area contributed by atoms with Crippen molar-refractivity contribution in [1.29, 1.82) is 0 Å². The van der Waals surface area contributed by atoms with Crippen molar-refractivity contribution in [3.8, 4) is 0 Å². The molecule has 2 rings (SSSR count). The molecule has 0 aliphatic heterocycles. The van der Waals surface area contributed by atoms with Gasteiger partial charge in [-0.05, 0) is 37.6 Å². The number of nitrogens with one attached hydrogen (secondary N) is 2. The van der Waals surface area contributed by atoms with Crippen LogP contribution in [0.4, 0.5) is 22.2 Å². The van der Waals surface area contributed by atoms with E-state index in [2.05, 4.69) is 20.6 Å². The van der Waals surface area contributed by atoms with Crippen LogP contribution in [0.2, 0.25) is 5.02 Å². The number of aryl methyl sites for hydroxylation is 2. The van der Waals surface area contributed by atoms with Gasteiger partial charge in [0, 0.05) is 36.6 Å². The number of nitrogens with zero attached hydrogens (tertiary/aromatic N) is 3. The fraction of sp³-hybridized carbons (Fsp3) is 0.267. The second-order valence-electron chi connectivity index (χ2n) is 5.13. The average molecular weight is 320 g/mol. The Morgan fingerprint density at radius 2 is 1.86 bits per heavy atom. The maximum Gasteiger partial charge on any atom is 0.326 e. The van der Waals surface area contributed by atoms with Gasteiger partial charge in [-0.3, -0.25) is 5.32 Å². The summed E-state index contributed by atoms with van der Waals surface area (Å²) in [5.74, 6) is 0.983. The van der Waals surface area contributed by atoms with Crippen molar-refractivity contribution in [2.45, 2.75) is 13.8 Å². The lowest BCUT2D eigenvalue weighted by Gasteiger charge is -2.13. The summed E-state index contributed by atoms with van der Waals surface area (Å²) in [6.45, 7) is 3.72. The van der Waals surface area contributed by atoms with E-state index in [1.807, 2.05) is 38.9 Å². The van der Waals surface area contributed by atoms with Crippen molar-refractivity contribution < 1.29 is 4.79 Å². The number of anilines is 3. The van der Waals surface area contributed by atoms with Gasteiger partial charge in [0.05, 0.1) is 0 Å². The van der Waals surface area contributed by atoms with E-state index in [9.17, 15) is 4.79 Å². The molecule has 7 heteroatoms. The van der Waals surface area contributed by atoms with Gasteiger partial charge in [0.1, 0.15) is 5.82 Å². The molecule has 0 saturated heterocycles. The number of amides is 2. The van der Waals surface area contributed by atoms with Crippen LogP contribution in [-0.4, -0.2) is 30.1 Å². The Hall–Kier alpha value is -2.34. The molecule has 1 aromatic heterocycles. The van der Waals surface area contributed by atoms with Gasteiger partial charge < -0.3 is 10.2 Å². The standard InChI is InChI=1S/C15H18ClN5O/c1-9-7-11(5-6-12(9)16)18-15(22)20-14-17-10(2)8-13(19-14)21(3)4/h5-8H,1-4H3,(H2,17,18,19,20,22). The molecule has 22 heavy (non-hydrogen) atoms. The fourth-order valence-electron chi connectivity index (χ4n) is 1.82. The molecule has 116 valence electrons. The Labute approximate surface area is 134 Å². The van der Waals surface area contributed by atoms with Crippen LogP contribution in [-0.2, 0) is 0 Å². The molecule has 2 N–H and O–H groups in total. The zero-order chi connectivity index (χ0) is 16.3. The predicted molar refractivity (Wildman–Crippen MR) is 89.9 cm³/mol. The normalized spacial score (nSPS) is 10.2. The van der Waals surface area contributed by atoms with Gasteiger partial charge in [0.25, 0.3) is 0 Å². The SMILES string of the molecule is Cc1cc(N(C)C)nc(NC(=O)Nc2ccc(Cl)c(C)c2)n1. The Bertz CT molecular complexity index is 702. The van der Waals surface area contributed by atoms with Gasteiger partial charge in [-0.25, -0.2) is 9.78 Å². The lowest BCUT2D eigenvalue weighted by molar-refractivity contribution is 0.262. The molecule has 0 spiro atoms. The first-order chi connectivity index (χ1) is 10.3. The van der Waals surface area contributed by atoms with Gasteiger partial charge >= 0.3 is 6.03 Å². The molecule has 6 nitrogen and oxygen atoms in total. The summed E-state index contributed by atoms with van der Waals surface area (Å²) in [6, 6.07) is 6.70. The molecule has 1 aromatic carbocycles. The van der Waals surface area contributed by atoms with Gasteiger partial charge in [-0.1, -0.05) is 11.6 Å². The first-order valence-corrected chi connectivity index (χ1v) is 7.10. The largest absolute Gasteiger partial charge is 0.363 e. The van der Waals surface area contributed by atoms with E-state index in [4.69, 9.17) is 11.6 Å². The average Bonchev–Trinajstić information content (AvgIpc) is 2.42. The zero-order valence-corrected chi connectivity index (χ0v) is 13.7. The van der Waals surface area contributed by atoms with E-state index < -0.39 is 6.03 Å². The summed E-state index contributed by atoms with van der Waals surface area (Å²) in [5, 5.41) is 6.01. The van der Waals surface area contributed by atoms with Crippen molar-refractivity contribution in [3.05, 3.63) is 40.5 Å². The van der Waals surface area contributed by atoms with Crippen LogP contribution in [0.1, 0.15) is 11.3 Å². The molecule has 0 bridgehead atoms. The molecule has 2 aromatic rings. The molecule has 0 aliphatic rings. The summed E-state index contributed by atoms with van der Waals surface area (Å²) in [4.78, 5) is 22.3. The highest BCUT2D eigenvalue weighted by Gasteiger charge is 2.08. The quantitative estimate of drug-likeness (QED) is 0.909. The number of benzene rings is 1. The molecule has 0 fully saturated rings. The van der Waals surface area contributed by atoms with E-state index in [1.165, 1.54) is 0 Å². The Kier molecular flexibility index (Phi) is 4.82. The van der Waals surface area contributed by atoms with E-state index in [1.54, 1.807) is 18.2 Å². The monoisotopic (exact) mass is 319 g/mol. The highest BCUT2D eigenvalue weighted by atomic mass is 35.5. The second kappa shape index (κ2) is 6.62. The molecule has 0 radical (unpaired) electrons. The third-order valence-electron chi connectivity index (χ3n) is 2.94.